The third-order valence-corrected chi connectivity index (χ3v) is 6.68. The molecule has 2 aromatic heterocycles. The number of pyridine rings is 1. The first-order chi connectivity index (χ1) is 18.1. The zero-order valence-corrected chi connectivity index (χ0v) is 21.1. The molecule has 5 amide bonds. The van der Waals surface area contributed by atoms with Crippen molar-refractivity contribution in [1.29, 1.82) is 0 Å². The predicted molar refractivity (Wildman–Crippen MR) is 129 cm³/mol. The molecule has 0 radical (unpaired) electrons. The predicted octanol–water partition coefficient (Wildman–Crippen LogP) is 2.41. The standard InChI is InChI=1S/C26H24N4O8/c1-14(31)30-25(35)29(15(2)37-16(3)32)24(34)26(30,22-11-20-21(38-22)6-5-9-27-20)13-28-12-17-7-8-18(36-4)10-19(17)23(28)33/h5-11,15H,12-13H2,1-4H3/t15?,26-/m0/s1. The monoisotopic (exact) mass is 520 g/mol. The van der Waals surface area contributed by atoms with Crippen molar-refractivity contribution in [3.8, 4) is 5.75 Å². The molecule has 0 aliphatic carbocycles. The molecule has 4 heterocycles. The van der Waals surface area contributed by atoms with E-state index in [2.05, 4.69) is 4.98 Å². The second-order valence-electron chi connectivity index (χ2n) is 9.06. The molecular weight excluding hydrogens is 496 g/mol. The number of amides is 5. The lowest BCUT2D eigenvalue weighted by Gasteiger charge is -2.34. The van der Waals surface area contributed by atoms with E-state index in [1.165, 1.54) is 31.2 Å². The summed E-state index contributed by atoms with van der Waals surface area (Å²) in [4.78, 5) is 72.9. The Labute approximate surface area is 216 Å². The summed E-state index contributed by atoms with van der Waals surface area (Å²) < 4.78 is 16.4. The van der Waals surface area contributed by atoms with Crippen LogP contribution in [0.5, 0.6) is 5.75 Å². The fourth-order valence-electron chi connectivity index (χ4n) is 5.05. The summed E-state index contributed by atoms with van der Waals surface area (Å²) in [5.74, 6) is -2.36. The lowest BCUT2D eigenvalue weighted by atomic mass is 9.92. The molecule has 2 aliphatic rings. The van der Waals surface area contributed by atoms with Crippen molar-refractivity contribution in [1.82, 2.24) is 19.7 Å². The van der Waals surface area contributed by atoms with Gasteiger partial charge in [0.25, 0.3) is 11.8 Å². The van der Waals surface area contributed by atoms with Crippen molar-refractivity contribution in [2.45, 2.75) is 39.1 Å². The van der Waals surface area contributed by atoms with E-state index >= 15 is 0 Å². The van der Waals surface area contributed by atoms with Crippen molar-refractivity contribution in [3.63, 3.8) is 0 Å². The van der Waals surface area contributed by atoms with E-state index < -0.39 is 48.0 Å². The highest BCUT2D eigenvalue weighted by atomic mass is 16.6. The third-order valence-electron chi connectivity index (χ3n) is 6.68. The highest BCUT2D eigenvalue weighted by Gasteiger charge is 2.65. The van der Waals surface area contributed by atoms with E-state index in [4.69, 9.17) is 13.9 Å². The van der Waals surface area contributed by atoms with Crippen LogP contribution in [0.2, 0.25) is 0 Å². The summed E-state index contributed by atoms with van der Waals surface area (Å²) in [5, 5.41) is 0. The van der Waals surface area contributed by atoms with Gasteiger partial charge in [-0.3, -0.25) is 24.2 Å². The molecule has 1 saturated heterocycles. The van der Waals surface area contributed by atoms with Gasteiger partial charge in [-0.2, -0.15) is 0 Å². The van der Waals surface area contributed by atoms with Crippen molar-refractivity contribution in [2.75, 3.05) is 13.7 Å². The average molecular weight is 520 g/mol. The van der Waals surface area contributed by atoms with E-state index in [1.807, 2.05) is 0 Å². The summed E-state index contributed by atoms with van der Waals surface area (Å²) in [6.07, 6.45) is 0.205. The minimum absolute atomic E-state index is 0.0568. The van der Waals surface area contributed by atoms with Crippen LogP contribution in [0.4, 0.5) is 4.79 Å². The van der Waals surface area contributed by atoms with E-state index in [1.54, 1.807) is 30.3 Å². The second kappa shape index (κ2) is 8.98. The Hall–Kier alpha value is -4.74. The Balaban J connectivity index is 1.67. The third kappa shape index (κ3) is 3.67. The Morgan fingerprint density at radius 3 is 2.58 bits per heavy atom. The molecule has 1 unspecified atom stereocenters. The number of hydrogen-bond donors (Lipinski definition) is 0. The molecule has 1 fully saturated rings. The lowest BCUT2D eigenvalue weighted by molar-refractivity contribution is -0.157. The summed E-state index contributed by atoms with van der Waals surface area (Å²) in [7, 11) is 1.48. The Kier molecular flexibility index (Phi) is 5.89. The molecule has 2 aliphatic heterocycles. The molecule has 12 heteroatoms. The molecule has 5 rings (SSSR count). The zero-order valence-electron chi connectivity index (χ0n) is 21.1. The first-order valence-electron chi connectivity index (χ1n) is 11.8. The summed E-state index contributed by atoms with van der Waals surface area (Å²) >= 11 is 0. The molecule has 196 valence electrons. The highest BCUT2D eigenvalue weighted by molar-refractivity contribution is 6.14. The molecule has 12 nitrogen and oxygen atoms in total. The molecule has 0 saturated carbocycles. The van der Waals surface area contributed by atoms with Gasteiger partial charge in [0.15, 0.2) is 11.8 Å². The number of rotatable bonds is 6. The molecule has 1 aromatic carbocycles. The number of benzene rings is 1. The number of carbonyl (C=O) groups excluding carboxylic acids is 5. The van der Waals surface area contributed by atoms with Crippen LogP contribution < -0.4 is 4.74 Å². The molecule has 2 atom stereocenters. The van der Waals surface area contributed by atoms with Crippen LogP contribution in [0.1, 0.15) is 42.5 Å². The Bertz CT molecular complexity index is 1480. The van der Waals surface area contributed by atoms with Gasteiger partial charge in [-0.05, 0) is 36.8 Å². The topological polar surface area (TPSA) is 140 Å². The van der Waals surface area contributed by atoms with Crippen LogP contribution in [-0.4, -0.2) is 69.3 Å². The number of esters is 1. The first-order valence-corrected chi connectivity index (χ1v) is 11.8. The number of hydrogen-bond acceptors (Lipinski definition) is 9. The number of imide groups is 2. The van der Waals surface area contributed by atoms with E-state index in [0.29, 0.717) is 32.9 Å². The number of furan rings is 1. The van der Waals surface area contributed by atoms with E-state index in [9.17, 15) is 24.0 Å². The average Bonchev–Trinajstić information content (AvgIpc) is 3.50. The van der Waals surface area contributed by atoms with Gasteiger partial charge >= 0.3 is 12.0 Å². The van der Waals surface area contributed by atoms with E-state index in [-0.39, 0.29) is 12.3 Å². The molecular formula is C26H24N4O8. The first kappa shape index (κ1) is 24.9. The Morgan fingerprint density at radius 1 is 1.16 bits per heavy atom. The molecule has 0 bridgehead atoms. The SMILES string of the molecule is COc1ccc2c(c1)C(=O)N(C[C@]1(c3cc4ncccc4o3)C(=O)N(C(C)OC(C)=O)C(=O)N1C(C)=O)C2. The van der Waals surface area contributed by atoms with Crippen molar-refractivity contribution in [3.05, 3.63) is 59.5 Å². The van der Waals surface area contributed by atoms with Gasteiger partial charge in [-0.15, -0.1) is 0 Å². The van der Waals surface area contributed by atoms with Gasteiger partial charge in [-0.25, -0.2) is 14.6 Å². The number of fused-ring (bicyclic) bond motifs is 2. The van der Waals surface area contributed by atoms with Gasteiger partial charge in [0.05, 0.1) is 13.7 Å². The minimum atomic E-state index is -2.08. The van der Waals surface area contributed by atoms with Crippen molar-refractivity contribution >= 4 is 40.8 Å². The quantitative estimate of drug-likeness (QED) is 0.354. The molecule has 3 aromatic rings. The van der Waals surface area contributed by atoms with Crippen molar-refractivity contribution in [2.24, 2.45) is 0 Å². The van der Waals surface area contributed by atoms with Gasteiger partial charge in [0.2, 0.25) is 11.4 Å². The molecule has 0 spiro atoms. The number of methoxy groups -OCH3 is 1. The van der Waals surface area contributed by atoms with Crippen LogP contribution in [0.3, 0.4) is 0 Å². The fraction of sp³-hybridized carbons (Fsp3) is 0.308. The maximum atomic E-state index is 14.2. The maximum absolute atomic E-state index is 14.2. The number of nitrogens with zero attached hydrogens (tertiary/aromatic N) is 4. The highest BCUT2D eigenvalue weighted by Crippen LogP contribution is 2.43. The van der Waals surface area contributed by atoms with Crippen LogP contribution in [0.25, 0.3) is 11.1 Å². The van der Waals surface area contributed by atoms with Crippen molar-refractivity contribution < 1.29 is 37.9 Å². The summed E-state index contributed by atoms with van der Waals surface area (Å²) in [5.41, 5.74) is -0.314. The van der Waals surface area contributed by atoms with Gasteiger partial charge < -0.3 is 18.8 Å². The lowest BCUT2D eigenvalue weighted by Crippen LogP contribution is -2.56. The van der Waals surface area contributed by atoms with Crippen LogP contribution in [0, 0.1) is 0 Å². The maximum Gasteiger partial charge on any atom is 0.337 e. The van der Waals surface area contributed by atoms with Crippen LogP contribution in [0.15, 0.2) is 47.0 Å². The number of aromatic nitrogens is 1. The second-order valence-corrected chi connectivity index (χ2v) is 9.06. The number of urea groups is 1. The van der Waals surface area contributed by atoms with E-state index in [0.717, 1.165) is 18.7 Å². The van der Waals surface area contributed by atoms with Gasteiger partial charge in [0.1, 0.15) is 17.0 Å². The molecule has 0 N–H and O–H groups in total. The summed E-state index contributed by atoms with van der Waals surface area (Å²) in [6.45, 7) is 3.32. The smallest absolute Gasteiger partial charge is 0.337 e. The molecule has 38 heavy (non-hydrogen) atoms. The Morgan fingerprint density at radius 2 is 1.92 bits per heavy atom. The largest absolute Gasteiger partial charge is 0.497 e. The summed E-state index contributed by atoms with van der Waals surface area (Å²) in [6, 6.07) is 8.77. The van der Waals surface area contributed by atoms with Crippen LogP contribution in [-0.2, 0) is 31.2 Å². The van der Waals surface area contributed by atoms with Crippen LogP contribution >= 0.6 is 0 Å². The van der Waals surface area contributed by atoms with Gasteiger partial charge in [-0.1, -0.05) is 6.07 Å². The number of carbonyl (C=O) groups is 5. The normalized spacial score (nSPS) is 19.8. The fourth-order valence-corrected chi connectivity index (χ4v) is 5.05. The van der Waals surface area contributed by atoms with Gasteiger partial charge in [0, 0.05) is 38.2 Å². The zero-order chi connectivity index (χ0) is 27.4. The number of ether oxygens (including phenoxy) is 2. The minimum Gasteiger partial charge on any atom is -0.497 e.